The summed E-state index contributed by atoms with van der Waals surface area (Å²) in [6, 6.07) is -0.908. The minimum absolute atomic E-state index is 0.121. The summed E-state index contributed by atoms with van der Waals surface area (Å²) < 4.78 is 1.46. The Balaban J connectivity index is 2.40. The second-order valence-electron chi connectivity index (χ2n) is 4.44. The maximum absolute atomic E-state index is 12.2. The molecular formula is C12H16N4O4. The van der Waals surface area contributed by atoms with E-state index in [9.17, 15) is 14.4 Å². The van der Waals surface area contributed by atoms with Crippen molar-refractivity contribution in [3.63, 3.8) is 0 Å². The molecule has 2 rings (SSSR count). The summed E-state index contributed by atoms with van der Waals surface area (Å²) >= 11 is 0. The number of carboxylic acids is 1. The van der Waals surface area contributed by atoms with Gasteiger partial charge < -0.3 is 19.9 Å². The Labute approximate surface area is 115 Å². The van der Waals surface area contributed by atoms with Crippen LogP contribution in [0.5, 0.6) is 0 Å². The number of nitrogens with zero attached hydrogens (tertiary/aromatic N) is 3. The molecule has 2 N–H and O–H groups in total. The molecule has 108 valence electrons. The predicted octanol–water partition coefficient (Wildman–Crippen LogP) is -0.957. The summed E-state index contributed by atoms with van der Waals surface area (Å²) in [5, 5.41) is 11.5. The van der Waals surface area contributed by atoms with Crippen LogP contribution in [0.2, 0.25) is 0 Å². The van der Waals surface area contributed by atoms with E-state index in [0.717, 1.165) is 0 Å². The van der Waals surface area contributed by atoms with E-state index in [1.54, 1.807) is 6.20 Å². The molecule has 1 aromatic rings. The zero-order chi connectivity index (χ0) is 14.7. The normalized spacial score (nSPS) is 18.8. The number of hydrogen-bond acceptors (Lipinski definition) is 5. The van der Waals surface area contributed by atoms with Gasteiger partial charge in [-0.25, -0.2) is 4.98 Å². The van der Waals surface area contributed by atoms with Crippen molar-refractivity contribution in [2.75, 3.05) is 18.0 Å². The average Bonchev–Trinajstić information content (AvgIpc) is 2.41. The molecular weight excluding hydrogens is 264 g/mol. The lowest BCUT2D eigenvalue weighted by Gasteiger charge is -2.34. The van der Waals surface area contributed by atoms with Gasteiger partial charge in [0, 0.05) is 32.0 Å². The summed E-state index contributed by atoms with van der Waals surface area (Å²) in [4.78, 5) is 40.4. The van der Waals surface area contributed by atoms with Crippen molar-refractivity contribution in [3.05, 3.63) is 22.7 Å². The number of aliphatic carboxylic acids is 1. The summed E-state index contributed by atoms with van der Waals surface area (Å²) in [5.74, 6) is -1.37. The molecule has 8 heteroatoms. The molecule has 1 aliphatic rings. The van der Waals surface area contributed by atoms with Crippen LogP contribution in [0.3, 0.4) is 0 Å². The van der Waals surface area contributed by atoms with Crippen molar-refractivity contribution < 1.29 is 14.7 Å². The van der Waals surface area contributed by atoms with Gasteiger partial charge in [0.05, 0.1) is 6.42 Å². The SMILES string of the molecule is CCn1ccnc(N2CCNC(=O)C2CC(=O)O)c1=O. The van der Waals surface area contributed by atoms with Crippen molar-refractivity contribution >= 4 is 17.7 Å². The molecule has 1 fully saturated rings. The first-order valence-electron chi connectivity index (χ1n) is 6.36. The molecule has 2 heterocycles. The van der Waals surface area contributed by atoms with Gasteiger partial charge in [-0.2, -0.15) is 0 Å². The summed E-state index contributed by atoms with van der Waals surface area (Å²) in [7, 11) is 0. The quantitative estimate of drug-likeness (QED) is 0.736. The van der Waals surface area contributed by atoms with Crippen LogP contribution >= 0.6 is 0 Å². The molecule has 1 amide bonds. The molecule has 8 nitrogen and oxygen atoms in total. The molecule has 1 unspecified atom stereocenters. The Bertz CT molecular complexity index is 583. The molecule has 1 atom stereocenters. The molecule has 1 aromatic heterocycles. The zero-order valence-electron chi connectivity index (χ0n) is 11.1. The van der Waals surface area contributed by atoms with Gasteiger partial charge in [-0.3, -0.25) is 14.4 Å². The molecule has 0 spiro atoms. The predicted molar refractivity (Wildman–Crippen MR) is 70.6 cm³/mol. The number of piperazine rings is 1. The fourth-order valence-electron chi connectivity index (χ4n) is 2.22. The van der Waals surface area contributed by atoms with Gasteiger partial charge in [-0.05, 0) is 6.92 Å². The monoisotopic (exact) mass is 280 g/mol. The Morgan fingerprint density at radius 3 is 2.95 bits per heavy atom. The fraction of sp³-hybridized carbons (Fsp3) is 0.500. The standard InChI is InChI=1S/C12H16N4O4/c1-2-15-5-3-13-10(12(15)20)16-6-4-14-11(19)8(16)7-9(17)18/h3,5,8H,2,4,6-7H2,1H3,(H,14,19)(H,17,18). The number of amides is 1. The summed E-state index contributed by atoms with van der Waals surface area (Å²) in [5.41, 5.74) is -0.319. The van der Waals surface area contributed by atoms with Gasteiger partial charge in [0.15, 0.2) is 5.82 Å². The van der Waals surface area contributed by atoms with Crippen molar-refractivity contribution in [1.82, 2.24) is 14.9 Å². The molecule has 0 bridgehead atoms. The van der Waals surface area contributed by atoms with E-state index in [-0.39, 0.29) is 17.8 Å². The van der Waals surface area contributed by atoms with E-state index in [4.69, 9.17) is 5.11 Å². The maximum Gasteiger partial charge on any atom is 0.305 e. The smallest absolute Gasteiger partial charge is 0.305 e. The highest BCUT2D eigenvalue weighted by Crippen LogP contribution is 2.14. The number of carbonyl (C=O) groups excluding carboxylic acids is 1. The van der Waals surface area contributed by atoms with Gasteiger partial charge >= 0.3 is 5.97 Å². The number of rotatable bonds is 4. The first-order chi connectivity index (χ1) is 9.54. The van der Waals surface area contributed by atoms with Gasteiger partial charge in [-0.1, -0.05) is 0 Å². The largest absolute Gasteiger partial charge is 0.481 e. The van der Waals surface area contributed by atoms with Crippen LogP contribution in [0.1, 0.15) is 13.3 Å². The lowest BCUT2D eigenvalue weighted by atomic mass is 10.1. The van der Waals surface area contributed by atoms with Crippen molar-refractivity contribution in [2.24, 2.45) is 0 Å². The minimum Gasteiger partial charge on any atom is -0.481 e. The minimum atomic E-state index is -1.09. The fourth-order valence-corrected chi connectivity index (χ4v) is 2.22. The first kappa shape index (κ1) is 14.0. The summed E-state index contributed by atoms with van der Waals surface area (Å²) in [6.45, 7) is 3.03. The van der Waals surface area contributed by atoms with Gasteiger partial charge in [0.25, 0.3) is 5.56 Å². The number of aromatic nitrogens is 2. The second kappa shape index (κ2) is 5.72. The van der Waals surface area contributed by atoms with Crippen molar-refractivity contribution in [2.45, 2.75) is 25.9 Å². The first-order valence-corrected chi connectivity index (χ1v) is 6.36. The molecule has 20 heavy (non-hydrogen) atoms. The van der Waals surface area contributed by atoms with E-state index < -0.39 is 17.9 Å². The van der Waals surface area contributed by atoms with Crippen LogP contribution in [0, 0.1) is 0 Å². The highest BCUT2D eigenvalue weighted by molar-refractivity contribution is 5.89. The average molecular weight is 280 g/mol. The number of aryl methyl sites for hydroxylation is 1. The molecule has 0 radical (unpaired) electrons. The Hall–Kier alpha value is -2.38. The second-order valence-corrected chi connectivity index (χ2v) is 4.44. The van der Waals surface area contributed by atoms with Crippen LogP contribution in [-0.2, 0) is 16.1 Å². The number of carbonyl (C=O) groups is 2. The maximum atomic E-state index is 12.2. The number of anilines is 1. The highest BCUT2D eigenvalue weighted by Gasteiger charge is 2.33. The van der Waals surface area contributed by atoms with Crippen LogP contribution in [-0.4, -0.2) is 45.7 Å². The van der Waals surface area contributed by atoms with Crippen LogP contribution in [0.25, 0.3) is 0 Å². The Morgan fingerprint density at radius 1 is 1.55 bits per heavy atom. The van der Waals surface area contributed by atoms with Gasteiger partial charge in [0.2, 0.25) is 5.91 Å². The number of carboxylic acid groups (broad SMARTS) is 1. The van der Waals surface area contributed by atoms with Gasteiger partial charge in [0.1, 0.15) is 6.04 Å². The van der Waals surface area contributed by atoms with Crippen molar-refractivity contribution in [3.8, 4) is 0 Å². The molecule has 0 aliphatic carbocycles. The van der Waals surface area contributed by atoms with E-state index in [1.165, 1.54) is 15.7 Å². The van der Waals surface area contributed by atoms with E-state index in [1.807, 2.05) is 6.92 Å². The third kappa shape index (κ3) is 2.63. The lowest BCUT2D eigenvalue weighted by molar-refractivity contribution is -0.139. The molecule has 1 aliphatic heterocycles. The zero-order valence-corrected chi connectivity index (χ0v) is 11.1. The van der Waals surface area contributed by atoms with Crippen LogP contribution in [0.4, 0.5) is 5.82 Å². The van der Waals surface area contributed by atoms with Crippen LogP contribution < -0.4 is 15.8 Å². The molecule has 1 saturated heterocycles. The highest BCUT2D eigenvalue weighted by atomic mass is 16.4. The van der Waals surface area contributed by atoms with E-state index >= 15 is 0 Å². The lowest BCUT2D eigenvalue weighted by Crippen LogP contribution is -2.57. The van der Waals surface area contributed by atoms with E-state index in [2.05, 4.69) is 10.3 Å². The topological polar surface area (TPSA) is 105 Å². The van der Waals surface area contributed by atoms with Crippen LogP contribution in [0.15, 0.2) is 17.2 Å². The molecule has 0 saturated carbocycles. The summed E-state index contributed by atoms with van der Waals surface area (Å²) in [6.07, 6.45) is 2.67. The molecule has 0 aromatic carbocycles. The third-order valence-electron chi connectivity index (χ3n) is 3.21. The van der Waals surface area contributed by atoms with Crippen molar-refractivity contribution in [1.29, 1.82) is 0 Å². The van der Waals surface area contributed by atoms with Gasteiger partial charge in [-0.15, -0.1) is 0 Å². The number of hydrogen-bond donors (Lipinski definition) is 2. The Morgan fingerprint density at radius 2 is 2.30 bits per heavy atom. The third-order valence-corrected chi connectivity index (χ3v) is 3.21. The van der Waals surface area contributed by atoms with E-state index in [0.29, 0.717) is 19.6 Å². The Kier molecular flexibility index (Phi) is 4.02. The number of nitrogens with one attached hydrogen (secondary N) is 1.